The van der Waals surface area contributed by atoms with Crippen molar-refractivity contribution in [2.24, 2.45) is 0 Å². The number of carbonyl (C=O) groups excluding carboxylic acids is 3. The lowest BCUT2D eigenvalue weighted by molar-refractivity contribution is -0.167. The molecule has 6 heteroatoms. The monoisotopic (exact) mass is 915 g/mol. The molecule has 0 N–H and O–H groups in total. The van der Waals surface area contributed by atoms with E-state index in [9.17, 15) is 14.4 Å². The molecule has 0 aliphatic carbocycles. The maximum atomic E-state index is 12.8. The quantitative estimate of drug-likeness (QED) is 0.0199. The molecule has 0 aromatic rings. The van der Waals surface area contributed by atoms with Crippen LogP contribution >= 0.6 is 0 Å². The van der Waals surface area contributed by atoms with Gasteiger partial charge in [0, 0.05) is 19.3 Å². The van der Waals surface area contributed by atoms with Crippen LogP contribution in [0.15, 0.2) is 109 Å². The van der Waals surface area contributed by atoms with Crippen LogP contribution < -0.4 is 0 Å². The maximum absolute atomic E-state index is 12.8. The summed E-state index contributed by atoms with van der Waals surface area (Å²) in [7, 11) is 0. The predicted molar refractivity (Wildman–Crippen MR) is 283 cm³/mol. The molecule has 0 rings (SSSR count). The van der Waals surface area contributed by atoms with Crippen molar-refractivity contribution in [3.05, 3.63) is 109 Å². The summed E-state index contributed by atoms with van der Waals surface area (Å²) in [6, 6.07) is 0. The smallest absolute Gasteiger partial charge is 0.306 e. The van der Waals surface area contributed by atoms with Crippen molar-refractivity contribution in [1.82, 2.24) is 0 Å². The Kier molecular flexibility index (Phi) is 50.5. The average molecular weight is 915 g/mol. The molecule has 0 saturated carbocycles. The molecule has 0 aliphatic heterocycles. The van der Waals surface area contributed by atoms with Crippen LogP contribution in [0.3, 0.4) is 0 Å². The van der Waals surface area contributed by atoms with E-state index in [0.717, 1.165) is 83.5 Å². The molecule has 1 unspecified atom stereocenters. The van der Waals surface area contributed by atoms with Crippen LogP contribution in [0.4, 0.5) is 0 Å². The van der Waals surface area contributed by atoms with E-state index < -0.39 is 6.10 Å². The zero-order valence-corrected chi connectivity index (χ0v) is 42.7. The molecule has 0 bridgehead atoms. The van der Waals surface area contributed by atoms with E-state index in [1.807, 2.05) is 60.8 Å². The van der Waals surface area contributed by atoms with E-state index in [-0.39, 0.29) is 37.5 Å². The van der Waals surface area contributed by atoms with Gasteiger partial charge in [-0.2, -0.15) is 0 Å². The molecule has 0 aromatic carbocycles. The minimum absolute atomic E-state index is 0.109. The Morgan fingerprint density at radius 3 is 1.14 bits per heavy atom. The second kappa shape index (κ2) is 53.7. The number of rotatable bonds is 47. The van der Waals surface area contributed by atoms with Crippen molar-refractivity contribution in [1.29, 1.82) is 0 Å². The average Bonchev–Trinajstić information content (AvgIpc) is 3.31. The van der Waals surface area contributed by atoms with Gasteiger partial charge in [0.2, 0.25) is 0 Å². The first-order chi connectivity index (χ1) is 32.5. The lowest BCUT2D eigenvalue weighted by Gasteiger charge is -2.18. The first kappa shape index (κ1) is 62.1. The van der Waals surface area contributed by atoms with Crippen LogP contribution in [0, 0.1) is 0 Å². The summed E-state index contributed by atoms with van der Waals surface area (Å²) in [6.07, 6.45) is 72.3. The summed E-state index contributed by atoms with van der Waals surface area (Å²) in [5.41, 5.74) is 0. The van der Waals surface area contributed by atoms with Crippen LogP contribution in [0.5, 0.6) is 0 Å². The van der Waals surface area contributed by atoms with E-state index >= 15 is 0 Å². The Balaban J connectivity index is 4.47. The number of hydrogen-bond donors (Lipinski definition) is 0. The number of unbranched alkanes of at least 4 members (excludes halogenated alkanes) is 23. The number of allylic oxidation sites excluding steroid dienone is 18. The van der Waals surface area contributed by atoms with Gasteiger partial charge in [-0.05, 0) is 70.6 Å². The first-order valence-electron chi connectivity index (χ1n) is 27.0. The lowest BCUT2D eigenvalue weighted by atomic mass is 10.0. The van der Waals surface area contributed by atoms with Crippen LogP contribution in [-0.2, 0) is 28.6 Å². The van der Waals surface area contributed by atoms with E-state index in [4.69, 9.17) is 14.2 Å². The van der Waals surface area contributed by atoms with Gasteiger partial charge in [0.05, 0.1) is 0 Å². The predicted octanol–water partition coefficient (Wildman–Crippen LogP) is 17.9. The zero-order valence-electron chi connectivity index (χ0n) is 42.7. The molecular formula is C60H98O6. The molecule has 0 fully saturated rings. The van der Waals surface area contributed by atoms with E-state index in [1.165, 1.54) is 103 Å². The fourth-order valence-corrected chi connectivity index (χ4v) is 7.19. The molecule has 0 saturated heterocycles. The molecule has 0 heterocycles. The van der Waals surface area contributed by atoms with Gasteiger partial charge < -0.3 is 14.2 Å². The van der Waals surface area contributed by atoms with Gasteiger partial charge in [-0.1, -0.05) is 252 Å². The highest BCUT2D eigenvalue weighted by atomic mass is 16.6. The SMILES string of the molecule is CC\C=C/C=C\C=C/C=C\C=C\C=C/CCCCCC(=O)OC(COC(=O)CCCC/C=C\C/C=C\C/C=C\CC)COC(=O)CCCCCCCCCCCCCCCCCCCCC. The van der Waals surface area contributed by atoms with Gasteiger partial charge in [-0.15, -0.1) is 0 Å². The number of hydrogen-bond acceptors (Lipinski definition) is 6. The fourth-order valence-electron chi connectivity index (χ4n) is 7.19. The number of ether oxygens (including phenoxy) is 3. The molecule has 6 nitrogen and oxygen atoms in total. The van der Waals surface area contributed by atoms with Gasteiger partial charge in [0.1, 0.15) is 13.2 Å². The van der Waals surface area contributed by atoms with E-state index in [0.29, 0.717) is 19.3 Å². The fraction of sp³-hybridized carbons (Fsp3) is 0.650. The molecule has 0 aliphatic rings. The highest BCUT2D eigenvalue weighted by Crippen LogP contribution is 2.16. The first-order valence-corrected chi connectivity index (χ1v) is 27.0. The van der Waals surface area contributed by atoms with Crippen LogP contribution in [-0.4, -0.2) is 37.2 Å². The Bertz CT molecular complexity index is 1370. The van der Waals surface area contributed by atoms with E-state index in [1.54, 1.807) is 0 Å². The summed E-state index contributed by atoms with van der Waals surface area (Å²) >= 11 is 0. The van der Waals surface area contributed by atoms with Gasteiger partial charge in [-0.25, -0.2) is 0 Å². The normalized spacial score (nSPS) is 13.0. The minimum Gasteiger partial charge on any atom is -0.462 e. The summed E-state index contributed by atoms with van der Waals surface area (Å²) < 4.78 is 16.7. The third-order valence-electron chi connectivity index (χ3n) is 11.2. The van der Waals surface area contributed by atoms with Crippen LogP contribution in [0.1, 0.15) is 233 Å². The van der Waals surface area contributed by atoms with Crippen molar-refractivity contribution in [3.8, 4) is 0 Å². The highest BCUT2D eigenvalue weighted by molar-refractivity contribution is 5.71. The third kappa shape index (κ3) is 51.1. The van der Waals surface area contributed by atoms with E-state index in [2.05, 4.69) is 69.4 Å². The molecule has 0 aromatic heterocycles. The largest absolute Gasteiger partial charge is 0.462 e. The third-order valence-corrected chi connectivity index (χ3v) is 11.2. The van der Waals surface area contributed by atoms with Crippen LogP contribution in [0.25, 0.3) is 0 Å². The Morgan fingerprint density at radius 1 is 0.333 bits per heavy atom. The maximum Gasteiger partial charge on any atom is 0.306 e. The van der Waals surface area contributed by atoms with Crippen molar-refractivity contribution >= 4 is 17.9 Å². The summed E-state index contributed by atoms with van der Waals surface area (Å²) in [4.78, 5) is 38.0. The highest BCUT2D eigenvalue weighted by Gasteiger charge is 2.19. The molecule has 1 atom stereocenters. The number of carbonyl (C=O) groups is 3. The summed E-state index contributed by atoms with van der Waals surface area (Å²) in [5.74, 6) is -0.995. The van der Waals surface area contributed by atoms with Crippen molar-refractivity contribution in [2.75, 3.05) is 13.2 Å². The molecule has 0 radical (unpaired) electrons. The molecular weight excluding hydrogens is 817 g/mol. The van der Waals surface area contributed by atoms with Gasteiger partial charge >= 0.3 is 17.9 Å². The molecule has 374 valence electrons. The zero-order chi connectivity index (χ0) is 47.9. The minimum atomic E-state index is -0.817. The lowest BCUT2D eigenvalue weighted by Crippen LogP contribution is -2.30. The number of esters is 3. The Hall–Kier alpha value is -3.93. The Labute approximate surface area is 406 Å². The molecule has 0 spiro atoms. The topological polar surface area (TPSA) is 78.9 Å². The van der Waals surface area contributed by atoms with Crippen LogP contribution in [0.2, 0.25) is 0 Å². The molecule has 0 amide bonds. The second-order valence-electron chi connectivity index (χ2n) is 17.5. The van der Waals surface area contributed by atoms with Gasteiger partial charge in [0.15, 0.2) is 6.10 Å². The standard InChI is InChI=1S/C60H98O6/c1-4-7-10-13-16-19-22-25-27-29-30-32-33-35-38-41-44-47-50-53-59(62)65-56-57(55-64-58(61)52-49-46-43-40-37-24-21-18-15-12-9-6-3)66-60(63)54-51-48-45-42-39-36-34-31-28-26-23-20-17-14-11-8-5-2/h8-9,11-12,14,17-18,20-21,23,26,28,31,34,36-37,39-40,57H,4-7,10,13,15-16,19,22,24-25,27,29-30,32-33,35,38,41-56H2,1-3H3/b11-8-,12-9-,17-14-,21-18-,23-20-,28-26-,34-31+,39-36-,40-37-. The molecule has 66 heavy (non-hydrogen) atoms. The van der Waals surface area contributed by atoms with Crippen molar-refractivity contribution in [3.63, 3.8) is 0 Å². The van der Waals surface area contributed by atoms with Gasteiger partial charge in [0.25, 0.3) is 0 Å². The Morgan fingerprint density at radius 2 is 0.667 bits per heavy atom. The summed E-state index contributed by atoms with van der Waals surface area (Å²) in [6.45, 7) is 6.31. The second-order valence-corrected chi connectivity index (χ2v) is 17.5. The van der Waals surface area contributed by atoms with Crippen molar-refractivity contribution in [2.45, 2.75) is 239 Å². The van der Waals surface area contributed by atoms with Crippen molar-refractivity contribution < 1.29 is 28.6 Å². The summed E-state index contributed by atoms with van der Waals surface area (Å²) in [5, 5.41) is 0. The van der Waals surface area contributed by atoms with Gasteiger partial charge in [-0.3, -0.25) is 14.4 Å².